The van der Waals surface area contributed by atoms with Gasteiger partial charge in [-0.25, -0.2) is 0 Å². The van der Waals surface area contributed by atoms with Gasteiger partial charge in [0, 0.05) is 17.0 Å². The van der Waals surface area contributed by atoms with Gasteiger partial charge in [0.15, 0.2) is 4.71 Å². The average Bonchev–Trinajstić information content (AvgIpc) is 2.54. The minimum atomic E-state index is 0.189. The fourth-order valence-electron chi connectivity index (χ4n) is 3.55. The first-order valence-electron chi connectivity index (χ1n) is 8.23. The number of fused-ring (bicyclic) bond motifs is 1. The van der Waals surface area contributed by atoms with Crippen LogP contribution in [0.3, 0.4) is 0 Å². The Morgan fingerprint density at radius 2 is 2.00 bits per heavy atom. The van der Waals surface area contributed by atoms with Gasteiger partial charge in [0.2, 0.25) is 0 Å². The second-order valence-electron chi connectivity index (χ2n) is 6.18. The molecule has 0 aliphatic heterocycles. The molecule has 0 spiro atoms. The molecule has 1 unspecified atom stereocenters. The maximum atomic E-state index is 9.60. The molecule has 0 saturated carbocycles. The van der Waals surface area contributed by atoms with E-state index in [9.17, 15) is 5.11 Å². The van der Waals surface area contributed by atoms with Crippen molar-refractivity contribution in [2.24, 2.45) is 11.8 Å². The maximum Gasteiger partial charge on any atom is 0.198 e. The molecule has 1 aromatic carbocycles. The smallest absolute Gasteiger partial charge is 0.198 e. The van der Waals surface area contributed by atoms with Gasteiger partial charge < -0.3 is 9.52 Å². The Labute approximate surface area is 142 Å². The number of hydrogen-bond acceptors (Lipinski definition) is 3. The van der Waals surface area contributed by atoms with E-state index in [0.29, 0.717) is 22.1 Å². The van der Waals surface area contributed by atoms with Crippen LogP contribution in [0.15, 0.2) is 46.4 Å². The quantitative estimate of drug-likeness (QED) is 0.675. The predicted octanol–water partition coefficient (Wildman–Crippen LogP) is 6.26. The third-order valence-electron chi connectivity index (χ3n) is 4.91. The van der Waals surface area contributed by atoms with Gasteiger partial charge in [0.05, 0.1) is 0 Å². The number of rotatable bonds is 3. The van der Waals surface area contributed by atoms with Crippen molar-refractivity contribution in [2.45, 2.75) is 33.6 Å². The summed E-state index contributed by atoms with van der Waals surface area (Å²) in [7, 11) is 0. The predicted molar refractivity (Wildman–Crippen MR) is 98.0 cm³/mol. The first kappa shape index (κ1) is 16.0. The van der Waals surface area contributed by atoms with Crippen molar-refractivity contribution in [3.63, 3.8) is 0 Å². The van der Waals surface area contributed by atoms with Crippen LogP contribution in [0.5, 0.6) is 5.75 Å². The van der Waals surface area contributed by atoms with Gasteiger partial charge in [-0.1, -0.05) is 38.5 Å². The molecule has 1 N–H and O–H groups in total. The second kappa shape index (κ2) is 6.32. The standard InChI is InChI=1S/C20H22O2S/c1-4-13-7-9-17(16(5-2)12(13)3)18-10-14-6-8-15(21)11-19(14)22-20(18)23/h6-13,21H,4-5H2,1-3H3/t12-,13?/m1/s1. The number of aromatic hydroxyl groups is 1. The summed E-state index contributed by atoms with van der Waals surface area (Å²) in [6.45, 7) is 6.74. The molecule has 23 heavy (non-hydrogen) atoms. The summed E-state index contributed by atoms with van der Waals surface area (Å²) in [5.74, 6) is 1.31. The number of hydrogen-bond donors (Lipinski definition) is 1. The zero-order chi connectivity index (χ0) is 16.6. The Morgan fingerprint density at radius 3 is 2.70 bits per heavy atom. The lowest BCUT2D eigenvalue weighted by Crippen LogP contribution is -2.15. The number of phenolic OH excluding ortho intramolecular Hbond substituents is 1. The van der Waals surface area contributed by atoms with E-state index in [2.05, 4.69) is 39.0 Å². The van der Waals surface area contributed by atoms with Crippen LogP contribution in [-0.4, -0.2) is 5.11 Å². The fourth-order valence-corrected chi connectivity index (χ4v) is 3.81. The molecule has 0 fully saturated rings. The Bertz CT molecular complexity index is 858. The van der Waals surface area contributed by atoms with E-state index in [4.69, 9.17) is 16.6 Å². The molecule has 120 valence electrons. The monoisotopic (exact) mass is 326 g/mol. The molecular formula is C20H22O2S. The van der Waals surface area contributed by atoms with Crippen LogP contribution in [0.25, 0.3) is 16.5 Å². The lowest BCUT2D eigenvalue weighted by atomic mass is 9.76. The van der Waals surface area contributed by atoms with Crippen molar-refractivity contribution in [2.75, 3.05) is 0 Å². The van der Waals surface area contributed by atoms with Crippen LogP contribution in [0.4, 0.5) is 0 Å². The van der Waals surface area contributed by atoms with Crippen LogP contribution in [-0.2, 0) is 0 Å². The fraction of sp³-hybridized carbons (Fsp3) is 0.350. The number of benzene rings is 1. The normalized spacial score (nSPS) is 21.2. The Balaban J connectivity index is 2.19. The summed E-state index contributed by atoms with van der Waals surface area (Å²) in [4.78, 5) is 0. The van der Waals surface area contributed by atoms with Crippen molar-refractivity contribution in [3.8, 4) is 5.75 Å². The van der Waals surface area contributed by atoms with Gasteiger partial charge in [0.1, 0.15) is 11.3 Å². The molecule has 2 aromatic rings. The highest BCUT2D eigenvalue weighted by atomic mass is 32.1. The van der Waals surface area contributed by atoms with E-state index >= 15 is 0 Å². The first-order valence-corrected chi connectivity index (χ1v) is 8.64. The van der Waals surface area contributed by atoms with Crippen molar-refractivity contribution >= 4 is 28.8 Å². The molecule has 0 bridgehead atoms. The van der Waals surface area contributed by atoms with Gasteiger partial charge in [-0.05, 0) is 60.7 Å². The highest BCUT2D eigenvalue weighted by Crippen LogP contribution is 2.39. The molecule has 1 heterocycles. The summed E-state index contributed by atoms with van der Waals surface area (Å²) in [5, 5.41) is 10.5. The Kier molecular flexibility index (Phi) is 4.40. The van der Waals surface area contributed by atoms with Gasteiger partial charge >= 0.3 is 0 Å². The third-order valence-corrected chi connectivity index (χ3v) is 5.21. The second-order valence-corrected chi connectivity index (χ2v) is 6.55. The van der Waals surface area contributed by atoms with Gasteiger partial charge in [0.25, 0.3) is 0 Å². The summed E-state index contributed by atoms with van der Waals surface area (Å²) in [6, 6.07) is 7.22. The zero-order valence-corrected chi connectivity index (χ0v) is 14.6. The van der Waals surface area contributed by atoms with E-state index in [-0.39, 0.29) is 5.75 Å². The van der Waals surface area contributed by atoms with Crippen molar-refractivity contribution in [1.29, 1.82) is 0 Å². The van der Waals surface area contributed by atoms with Crippen molar-refractivity contribution in [1.82, 2.24) is 0 Å². The minimum absolute atomic E-state index is 0.189. The first-order chi connectivity index (χ1) is 11.0. The van der Waals surface area contributed by atoms with Crippen LogP contribution < -0.4 is 0 Å². The SMILES string of the molecule is CCC1=C(c2cc3ccc(O)cc3oc2=S)C=CC(CC)[C@H]1C. The summed E-state index contributed by atoms with van der Waals surface area (Å²) < 4.78 is 6.28. The highest BCUT2D eigenvalue weighted by Gasteiger charge is 2.24. The molecular weight excluding hydrogens is 304 g/mol. The molecule has 2 atom stereocenters. The molecule has 0 saturated heterocycles. The van der Waals surface area contributed by atoms with Gasteiger partial charge in [-0.2, -0.15) is 0 Å². The largest absolute Gasteiger partial charge is 0.508 e. The van der Waals surface area contributed by atoms with Crippen LogP contribution in [0.2, 0.25) is 0 Å². The van der Waals surface area contributed by atoms with Gasteiger partial charge in [-0.3, -0.25) is 0 Å². The van der Waals surface area contributed by atoms with E-state index in [1.807, 2.05) is 6.07 Å². The Morgan fingerprint density at radius 1 is 1.22 bits per heavy atom. The zero-order valence-electron chi connectivity index (χ0n) is 13.8. The summed E-state index contributed by atoms with van der Waals surface area (Å²) in [5.41, 5.74) is 4.25. The highest BCUT2D eigenvalue weighted by molar-refractivity contribution is 7.71. The number of allylic oxidation sites excluding steroid dienone is 4. The van der Waals surface area contributed by atoms with Crippen molar-refractivity contribution < 1.29 is 9.52 Å². The topological polar surface area (TPSA) is 33.4 Å². The van der Waals surface area contributed by atoms with E-state index in [1.54, 1.807) is 12.1 Å². The molecule has 1 aromatic heterocycles. The summed E-state index contributed by atoms with van der Waals surface area (Å²) >= 11 is 5.48. The molecule has 2 nitrogen and oxygen atoms in total. The lowest BCUT2D eigenvalue weighted by Gasteiger charge is -2.28. The van der Waals surface area contributed by atoms with Crippen molar-refractivity contribution in [3.05, 3.63) is 52.3 Å². The molecule has 1 aliphatic rings. The minimum Gasteiger partial charge on any atom is -0.508 e. The third kappa shape index (κ3) is 2.86. The average molecular weight is 326 g/mol. The summed E-state index contributed by atoms with van der Waals surface area (Å²) in [6.07, 6.45) is 6.67. The van der Waals surface area contributed by atoms with Crippen LogP contribution in [0.1, 0.15) is 39.2 Å². The molecule has 0 radical (unpaired) electrons. The Hall–Kier alpha value is -1.87. The van der Waals surface area contributed by atoms with Crippen LogP contribution in [0, 0.1) is 16.5 Å². The van der Waals surface area contributed by atoms with Crippen LogP contribution >= 0.6 is 12.2 Å². The van der Waals surface area contributed by atoms with E-state index < -0.39 is 0 Å². The molecule has 3 rings (SSSR count). The molecule has 0 amide bonds. The maximum absolute atomic E-state index is 9.60. The molecule has 1 aliphatic carbocycles. The van der Waals surface area contributed by atoms with E-state index in [1.165, 1.54) is 11.1 Å². The number of phenols is 1. The lowest BCUT2D eigenvalue weighted by molar-refractivity contribution is 0.462. The molecule has 3 heteroatoms. The van der Waals surface area contributed by atoms with E-state index in [0.717, 1.165) is 23.8 Å². The van der Waals surface area contributed by atoms with Gasteiger partial charge in [-0.15, -0.1) is 0 Å².